The van der Waals surface area contributed by atoms with E-state index in [0.717, 1.165) is 25.9 Å². The number of rotatable bonds is 6. The average molecular weight is 303 g/mol. The van der Waals surface area contributed by atoms with Gasteiger partial charge in [0.2, 0.25) is 5.91 Å². The van der Waals surface area contributed by atoms with Gasteiger partial charge >= 0.3 is 0 Å². The Morgan fingerprint density at radius 2 is 2.26 bits per heavy atom. The summed E-state index contributed by atoms with van der Waals surface area (Å²) in [7, 11) is 0. The summed E-state index contributed by atoms with van der Waals surface area (Å²) in [4.78, 5) is 14.4. The molecule has 1 atom stereocenters. The maximum Gasteiger partial charge on any atom is 0.220 e. The first-order chi connectivity index (χ1) is 8.78. The first-order valence-corrected chi connectivity index (χ1v) is 7.64. The van der Waals surface area contributed by atoms with Gasteiger partial charge in [0.25, 0.3) is 0 Å². The van der Waals surface area contributed by atoms with E-state index in [9.17, 15) is 4.79 Å². The molecule has 0 aliphatic carbocycles. The average Bonchev–Trinajstić information content (AvgIpc) is 3.04. The van der Waals surface area contributed by atoms with Gasteiger partial charge in [-0.3, -0.25) is 4.79 Å². The zero-order valence-corrected chi connectivity index (χ0v) is 13.0. The third-order valence-corrected chi connectivity index (χ3v) is 4.70. The lowest BCUT2D eigenvalue weighted by molar-refractivity contribution is -0.121. The van der Waals surface area contributed by atoms with E-state index in [1.165, 1.54) is 16.2 Å². The fourth-order valence-corrected chi connectivity index (χ4v) is 3.18. The van der Waals surface area contributed by atoms with Crippen LogP contribution in [0.4, 0.5) is 0 Å². The molecule has 1 aliphatic rings. The molecule has 2 rings (SSSR count). The highest BCUT2D eigenvalue weighted by molar-refractivity contribution is 7.11. The van der Waals surface area contributed by atoms with Crippen LogP contribution in [0.1, 0.15) is 35.9 Å². The van der Waals surface area contributed by atoms with Crippen LogP contribution >= 0.6 is 23.7 Å². The van der Waals surface area contributed by atoms with Crippen LogP contribution in [0.3, 0.4) is 0 Å². The van der Waals surface area contributed by atoms with Crippen molar-refractivity contribution in [2.75, 3.05) is 13.1 Å². The van der Waals surface area contributed by atoms with E-state index in [2.05, 4.69) is 29.7 Å². The number of hydrogen-bond donors (Lipinski definition) is 2. The van der Waals surface area contributed by atoms with Gasteiger partial charge in [-0.25, -0.2) is 0 Å². The van der Waals surface area contributed by atoms with Crippen LogP contribution in [0.15, 0.2) is 12.1 Å². The third kappa shape index (κ3) is 5.51. The maximum absolute atomic E-state index is 11.7. The number of nitrogens with one attached hydrogen (secondary N) is 2. The summed E-state index contributed by atoms with van der Waals surface area (Å²) in [6.45, 7) is 5.04. The molecule has 1 saturated heterocycles. The van der Waals surface area contributed by atoms with Gasteiger partial charge in [0.05, 0.1) is 6.54 Å². The van der Waals surface area contributed by atoms with Crippen molar-refractivity contribution in [1.29, 1.82) is 0 Å². The van der Waals surface area contributed by atoms with Crippen LogP contribution in [0.5, 0.6) is 0 Å². The second-order valence-corrected chi connectivity index (χ2v) is 6.15. The van der Waals surface area contributed by atoms with Crippen molar-refractivity contribution >= 4 is 29.7 Å². The summed E-state index contributed by atoms with van der Waals surface area (Å²) in [5.41, 5.74) is 0. The summed E-state index contributed by atoms with van der Waals surface area (Å²) in [6, 6.07) is 4.26. The van der Waals surface area contributed by atoms with Gasteiger partial charge in [-0.1, -0.05) is 6.92 Å². The fourth-order valence-electron chi connectivity index (χ4n) is 2.28. The normalized spacial score (nSPS) is 18.1. The van der Waals surface area contributed by atoms with E-state index in [-0.39, 0.29) is 18.3 Å². The summed E-state index contributed by atoms with van der Waals surface area (Å²) in [5.74, 6) is 0.887. The molecule has 1 unspecified atom stereocenters. The highest BCUT2D eigenvalue weighted by Gasteiger charge is 2.15. The molecule has 2 heterocycles. The van der Waals surface area contributed by atoms with Crippen LogP contribution in [0, 0.1) is 5.92 Å². The SMILES string of the molecule is CCc1ccc(CNC(=O)CCC2CCNC2)s1.Cl. The lowest BCUT2D eigenvalue weighted by Crippen LogP contribution is -2.23. The van der Waals surface area contributed by atoms with Crippen molar-refractivity contribution in [3.8, 4) is 0 Å². The molecule has 1 aromatic rings. The van der Waals surface area contributed by atoms with Crippen LogP contribution in [0.2, 0.25) is 0 Å². The van der Waals surface area contributed by atoms with Crippen molar-refractivity contribution in [1.82, 2.24) is 10.6 Å². The van der Waals surface area contributed by atoms with Gasteiger partial charge < -0.3 is 10.6 Å². The molecule has 1 fully saturated rings. The lowest BCUT2D eigenvalue weighted by Gasteiger charge is -2.08. The Morgan fingerprint density at radius 1 is 1.47 bits per heavy atom. The quantitative estimate of drug-likeness (QED) is 0.848. The molecule has 0 bridgehead atoms. The minimum Gasteiger partial charge on any atom is -0.351 e. The molecule has 1 aliphatic heterocycles. The molecule has 19 heavy (non-hydrogen) atoms. The molecule has 0 saturated carbocycles. The van der Waals surface area contributed by atoms with Crippen LogP contribution in [-0.2, 0) is 17.8 Å². The second kappa shape index (κ2) is 8.56. The fraction of sp³-hybridized carbons (Fsp3) is 0.643. The van der Waals surface area contributed by atoms with E-state index in [1.807, 2.05) is 0 Å². The van der Waals surface area contributed by atoms with Crippen molar-refractivity contribution in [3.63, 3.8) is 0 Å². The predicted molar refractivity (Wildman–Crippen MR) is 83.0 cm³/mol. The van der Waals surface area contributed by atoms with Crippen LogP contribution < -0.4 is 10.6 Å². The summed E-state index contributed by atoms with van der Waals surface area (Å²) < 4.78 is 0. The summed E-state index contributed by atoms with van der Waals surface area (Å²) in [5, 5.41) is 6.34. The number of amides is 1. The van der Waals surface area contributed by atoms with Crippen molar-refractivity contribution < 1.29 is 4.79 Å². The van der Waals surface area contributed by atoms with Gasteiger partial charge in [0, 0.05) is 16.2 Å². The predicted octanol–water partition coefficient (Wildman–Crippen LogP) is 2.74. The van der Waals surface area contributed by atoms with Crippen molar-refractivity contribution in [3.05, 3.63) is 21.9 Å². The van der Waals surface area contributed by atoms with Crippen LogP contribution in [0.25, 0.3) is 0 Å². The number of carbonyl (C=O) groups is 1. The summed E-state index contributed by atoms with van der Waals surface area (Å²) in [6.07, 6.45) is 3.98. The molecule has 0 spiro atoms. The minimum atomic E-state index is 0. The number of aryl methyl sites for hydroxylation is 1. The lowest BCUT2D eigenvalue weighted by atomic mass is 10.0. The maximum atomic E-state index is 11.7. The Morgan fingerprint density at radius 3 is 2.89 bits per heavy atom. The minimum absolute atomic E-state index is 0. The number of carbonyl (C=O) groups excluding carboxylic acids is 1. The van der Waals surface area contributed by atoms with E-state index in [0.29, 0.717) is 18.9 Å². The van der Waals surface area contributed by atoms with E-state index in [4.69, 9.17) is 0 Å². The highest BCUT2D eigenvalue weighted by Crippen LogP contribution is 2.17. The van der Waals surface area contributed by atoms with E-state index in [1.54, 1.807) is 11.3 Å². The standard InChI is InChI=1S/C14H22N2OS.ClH/c1-2-12-4-5-13(18-12)10-16-14(17)6-3-11-7-8-15-9-11;/h4-5,11,15H,2-3,6-10H2,1H3,(H,16,17);1H. The summed E-state index contributed by atoms with van der Waals surface area (Å²) >= 11 is 1.79. The Hall–Kier alpha value is -0.580. The highest BCUT2D eigenvalue weighted by atomic mass is 35.5. The molecule has 3 nitrogen and oxygen atoms in total. The van der Waals surface area contributed by atoms with E-state index >= 15 is 0 Å². The Balaban J connectivity index is 0.00000180. The number of thiophene rings is 1. The number of halogens is 1. The van der Waals surface area contributed by atoms with E-state index < -0.39 is 0 Å². The third-order valence-electron chi connectivity index (χ3n) is 3.47. The smallest absolute Gasteiger partial charge is 0.220 e. The molecule has 0 radical (unpaired) electrons. The van der Waals surface area contributed by atoms with Gasteiger partial charge in [0.1, 0.15) is 0 Å². The molecular weight excluding hydrogens is 280 g/mol. The molecular formula is C14H23ClN2OS. The van der Waals surface area contributed by atoms with Gasteiger partial charge in [-0.05, 0) is 50.4 Å². The first-order valence-electron chi connectivity index (χ1n) is 6.83. The molecule has 1 aromatic heterocycles. The van der Waals surface area contributed by atoms with Crippen molar-refractivity contribution in [2.24, 2.45) is 5.92 Å². The van der Waals surface area contributed by atoms with Crippen molar-refractivity contribution in [2.45, 2.75) is 39.2 Å². The Bertz CT molecular complexity index is 389. The topological polar surface area (TPSA) is 41.1 Å². The second-order valence-electron chi connectivity index (χ2n) is 4.90. The zero-order valence-electron chi connectivity index (χ0n) is 11.4. The Labute approximate surface area is 125 Å². The zero-order chi connectivity index (χ0) is 12.8. The largest absolute Gasteiger partial charge is 0.351 e. The molecule has 1 amide bonds. The van der Waals surface area contributed by atoms with Gasteiger partial charge in [-0.2, -0.15) is 0 Å². The monoisotopic (exact) mass is 302 g/mol. The molecule has 5 heteroatoms. The van der Waals surface area contributed by atoms with Crippen LogP contribution in [-0.4, -0.2) is 19.0 Å². The molecule has 108 valence electrons. The first kappa shape index (κ1) is 16.5. The van der Waals surface area contributed by atoms with Gasteiger partial charge in [-0.15, -0.1) is 23.7 Å². The molecule has 0 aromatic carbocycles. The Kier molecular flexibility index (Phi) is 7.42. The molecule has 2 N–H and O–H groups in total. The number of hydrogen-bond acceptors (Lipinski definition) is 3. The van der Waals surface area contributed by atoms with Gasteiger partial charge in [0.15, 0.2) is 0 Å².